The maximum atomic E-state index is 2.93. The van der Waals surface area contributed by atoms with Crippen LogP contribution >= 0.6 is 7.92 Å². The molecule has 2 aliphatic carbocycles. The minimum atomic E-state index is 0.0732. The molecule has 1 atom stereocenters. The fourth-order valence-corrected chi connectivity index (χ4v) is 10.7. The molecule has 0 bridgehead atoms. The SMILES string of the molecule is CC(C)N(C(C)C)C(P(C1CCCCC1)C1CCCCC1)C(C)(C)C. The molecule has 25 heavy (non-hydrogen) atoms. The van der Waals surface area contributed by atoms with Crippen molar-refractivity contribution >= 4 is 7.92 Å². The average molecular weight is 368 g/mol. The average Bonchev–Trinajstić information content (AvgIpc) is 2.54. The first-order valence-corrected chi connectivity index (χ1v) is 12.8. The van der Waals surface area contributed by atoms with Gasteiger partial charge < -0.3 is 0 Å². The maximum absolute atomic E-state index is 2.93. The van der Waals surface area contributed by atoms with Crippen molar-refractivity contribution in [2.45, 2.75) is 142 Å². The van der Waals surface area contributed by atoms with E-state index in [1.807, 2.05) is 0 Å². The zero-order chi connectivity index (χ0) is 18.6. The Kier molecular flexibility index (Phi) is 8.28. The van der Waals surface area contributed by atoms with Crippen LogP contribution in [-0.4, -0.2) is 34.1 Å². The lowest BCUT2D eigenvalue weighted by Crippen LogP contribution is -2.52. The number of hydrogen-bond acceptors (Lipinski definition) is 1. The van der Waals surface area contributed by atoms with Crippen LogP contribution in [0.5, 0.6) is 0 Å². The molecular weight excluding hydrogens is 321 g/mol. The minimum absolute atomic E-state index is 0.0732. The first-order chi connectivity index (χ1) is 11.7. The Morgan fingerprint density at radius 1 is 0.680 bits per heavy atom. The van der Waals surface area contributed by atoms with Gasteiger partial charge in [-0.15, -0.1) is 0 Å². The van der Waals surface area contributed by atoms with Crippen molar-refractivity contribution in [3.8, 4) is 0 Å². The third-order valence-corrected chi connectivity index (χ3v) is 10.9. The highest BCUT2D eigenvalue weighted by Gasteiger charge is 2.45. The number of rotatable bonds is 6. The largest absolute Gasteiger partial charge is 0.291 e. The second-order valence-corrected chi connectivity index (χ2v) is 13.2. The van der Waals surface area contributed by atoms with Gasteiger partial charge in [-0.2, -0.15) is 0 Å². The number of hydrogen-bond donors (Lipinski definition) is 0. The highest BCUT2D eigenvalue weighted by Crippen LogP contribution is 2.63. The van der Waals surface area contributed by atoms with Gasteiger partial charge in [0.05, 0.1) is 0 Å². The summed E-state index contributed by atoms with van der Waals surface area (Å²) in [6.07, 6.45) is 15.1. The molecule has 0 aromatic heterocycles. The third-order valence-electron chi connectivity index (χ3n) is 6.52. The van der Waals surface area contributed by atoms with Crippen molar-refractivity contribution in [3.63, 3.8) is 0 Å². The Morgan fingerprint density at radius 2 is 1.04 bits per heavy atom. The van der Waals surface area contributed by atoms with Crippen LogP contribution in [0.3, 0.4) is 0 Å². The lowest BCUT2D eigenvalue weighted by Gasteiger charge is -2.54. The summed E-state index contributed by atoms with van der Waals surface area (Å²) in [5.74, 6) is 0.786. The lowest BCUT2D eigenvalue weighted by atomic mass is 9.93. The molecule has 0 aromatic carbocycles. The molecule has 2 heteroatoms. The van der Waals surface area contributed by atoms with E-state index in [2.05, 4.69) is 53.4 Å². The topological polar surface area (TPSA) is 3.24 Å². The first-order valence-electron chi connectivity index (χ1n) is 11.3. The molecule has 0 N–H and O–H groups in total. The predicted molar refractivity (Wildman–Crippen MR) is 116 cm³/mol. The van der Waals surface area contributed by atoms with Crippen LogP contribution in [0.15, 0.2) is 0 Å². The second-order valence-electron chi connectivity index (χ2n) is 10.4. The Bertz CT molecular complexity index is 346. The molecular formula is C23H46NP. The van der Waals surface area contributed by atoms with Gasteiger partial charge in [0.15, 0.2) is 0 Å². The molecule has 0 aliphatic heterocycles. The Morgan fingerprint density at radius 3 is 1.32 bits per heavy atom. The van der Waals surface area contributed by atoms with E-state index in [0.717, 1.165) is 17.1 Å². The van der Waals surface area contributed by atoms with Crippen molar-refractivity contribution in [3.05, 3.63) is 0 Å². The molecule has 1 unspecified atom stereocenters. The van der Waals surface area contributed by atoms with Gasteiger partial charge in [-0.05, 0) is 70.1 Å². The van der Waals surface area contributed by atoms with Crippen LogP contribution in [0.2, 0.25) is 0 Å². The Labute approximate surface area is 160 Å². The van der Waals surface area contributed by atoms with Crippen LogP contribution in [0.4, 0.5) is 0 Å². The van der Waals surface area contributed by atoms with Crippen LogP contribution in [0.25, 0.3) is 0 Å². The van der Waals surface area contributed by atoms with E-state index < -0.39 is 0 Å². The van der Waals surface area contributed by atoms with Gasteiger partial charge in [-0.3, -0.25) is 4.90 Å². The van der Waals surface area contributed by atoms with Crippen LogP contribution in [-0.2, 0) is 0 Å². The van der Waals surface area contributed by atoms with Gasteiger partial charge in [-0.25, -0.2) is 0 Å². The van der Waals surface area contributed by atoms with E-state index in [0.29, 0.717) is 17.5 Å². The van der Waals surface area contributed by atoms with Gasteiger partial charge in [0.25, 0.3) is 0 Å². The second kappa shape index (κ2) is 9.54. The molecule has 1 nitrogen and oxygen atoms in total. The highest BCUT2D eigenvalue weighted by molar-refractivity contribution is 7.59. The summed E-state index contributed by atoms with van der Waals surface area (Å²) in [5.41, 5.74) is 2.46. The van der Waals surface area contributed by atoms with Crippen LogP contribution in [0.1, 0.15) is 113 Å². The zero-order valence-corrected chi connectivity index (χ0v) is 19.2. The van der Waals surface area contributed by atoms with E-state index in [1.54, 1.807) is 0 Å². The summed E-state index contributed by atoms with van der Waals surface area (Å²) >= 11 is 0. The summed E-state index contributed by atoms with van der Waals surface area (Å²) in [7, 11) is 0.0732. The van der Waals surface area contributed by atoms with Crippen LogP contribution in [0, 0.1) is 5.41 Å². The molecule has 0 aromatic rings. The van der Waals surface area contributed by atoms with Crippen LogP contribution < -0.4 is 0 Å². The first kappa shape index (κ1) is 21.7. The maximum Gasteiger partial charge on any atom is 0.0355 e. The van der Waals surface area contributed by atoms with Crippen molar-refractivity contribution in [2.24, 2.45) is 5.41 Å². The standard InChI is InChI=1S/C23H46NP/c1-18(2)24(19(3)4)22(23(5,6)7)25(20-14-10-8-11-15-20)21-16-12-9-13-17-21/h18-22H,8-17H2,1-7H3. The summed E-state index contributed by atoms with van der Waals surface area (Å²) in [6, 6.07) is 1.31. The smallest absolute Gasteiger partial charge is 0.0355 e. The van der Waals surface area contributed by atoms with E-state index >= 15 is 0 Å². The molecule has 2 rings (SSSR count). The predicted octanol–water partition coefficient (Wildman–Crippen LogP) is 7.62. The lowest BCUT2D eigenvalue weighted by molar-refractivity contribution is 0.0914. The fourth-order valence-electron chi connectivity index (χ4n) is 5.67. The molecule has 148 valence electrons. The van der Waals surface area contributed by atoms with E-state index in [-0.39, 0.29) is 7.92 Å². The summed E-state index contributed by atoms with van der Waals surface area (Å²) in [5, 5.41) is 0. The van der Waals surface area contributed by atoms with E-state index in [1.165, 1.54) is 64.2 Å². The van der Waals surface area contributed by atoms with Gasteiger partial charge in [0.2, 0.25) is 0 Å². The minimum Gasteiger partial charge on any atom is -0.291 e. The zero-order valence-electron chi connectivity index (χ0n) is 18.4. The Hall–Kier alpha value is 0.390. The van der Waals surface area contributed by atoms with Gasteiger partial charge in [0.1, 0.15) is 0 Å². The van der Waals surface area contributed by atoms with Gasteiger partial charge >= 0.3 is 0 Å². The molecule has 0 heterocycles. The molecule has 2 fully saturated rings. The molecule has 0 radical (unpaired) electrons. The van der Waals surface area contributed by atoms with Gasteiger partial charge in [-0.1, -0.05) is 67.2 Å². The highest BCUT2D eigenvalue weighted by atomic mass is 31.1. The van der Waals surface area contributed by atoms with E-state index in [4.69, 9.17) is 0 Å². The summed E-state index contributed by atoms with van der Waals surface area (Å²) in [6.45, 7) is 17.4. The Balaban J connectivity index is 2.39. The molecule has 0 spiro atoms. The molecule has 0 saturated heterocycles. The third kappa shape index (κ3) is 5.68. The van der Waals surface area contributed by atoms with E-state index in [9.17, 15) is 0 Å². The molecule has 2 aliphatic rings. The van der Waals surface area contributed by atoms with Crippen molar-refractivity contribution in [2.75, 3.05) is 0 Å². The van der Waals surface area contributed by atoms with Crippen molar-refractivity contribution in [1.29, 1.82) is 0 Å². The molecule has 2 saturated carbocycles. The number of nitrogens with zero attached hydrogens (tertiary/aromatic N) is 1. The monoisotopic (exact) mass is 367 g/mol. The normalized spacial score (nSPS) is 23.2. The van der Waals surface area contributed by atoms with Crippen molar-refractivity contribution < 1.29 is 0 Å². The van der Waals surface area contributed by atoms with Gasteiger partial charge in [0, 0.05) is 17.9 Å². The quantitative estimate of drug-likeness (QED) is 0.436. The molecule has 0 amide bonds. The van der Waals surface area contributed by atoms with Crippen molar-refractivity contribution in [1.82, 2.24) is 4.90 Å². The summed E-state index contributed by atoms with van der Waals surface area (Å²) < 4.78 is 0. The fraction of sp³-hybridized carbons (Fsp3) is 1.00. The summed E-state index contributed by atoms with van der Waals surface area (Å²) in [4.78, 5) is 2.93.